The van der Waals surface area contributed by atoms with Crippen LogP contribution in [0.4, 0.5) is 0 Å². The fourth-order valence-corrected chi connectivity index (χ4v) is 1.31. The van der Waals surface area contributed by atoms with Crippen LogP contribution >= 0.6 is 0 Å². The highest BCUT2D eigenvalue weighted by Gasteiger charge is 2.13. The molecule has 1 rings (SSSR count). The highest BCUT2D eigenvalue weighted by molar-refractivity contribution is 5.92. The molecule has 0 N–H and O–H groups in total. The number of carbonyl (C=O) groups is 2. The Morgan fingerprint density at radius 1 is 1.32 bits per heavy atom. The molecular weight excluding hydrogens is 250 g/mol. The van der Waals surface area contributed by atoms with E-state index >= 15 is 0 Å². The SMILES string of the molecule is CCOC(=O)C=Cc1ccc(C(=O)OC)c(OC)n1. The van der Waals surface area contributed by atoms with Crippen molar-refractivity contribution in [1.82, 2.24) is 4.98 Å². The van der Waals surface area contributed by atoms with Gasteiger partial charge in [0.05, 0.1) is 26.5 Å². The molecule has 0 aliphatic heterocycles. The largest absolute Gasteiger partial charge is 0.480 e. The molecule has 0 amide bonds. The predicted octanol–water partition coefficient (Wildman–Crippen LogP) is 1.45. The molecular formula is C13H15NO5. The van der Waals surface area contributed by atoms with Crippen LogP contribution < -0.4 is 4.74 Å². The first kappa shape index (κ1) is 14.7. The van der Waals surface area contributed by atoms with Crippen LogP contribution in [0.2, 0.25) is 0 Å². The number of aromatic nitrogens is 1. The maximum Gasteiger partial charge on any atom is 0.343 e. The molecule has 0 saturated carbocycles. The Bertz CT molecular complexity index is 496. The normalized spacial score (nSPS) is 10.3. The van der Waals surface area contributed by atoms with Gasteiger partial charge in [0.15, 0.2) is 0 Å². The number of nitrogens with zero attached hydrogens (tertiary/aromatic N) is 1. The third-order valence-corrected chi connectivity index (χ3v) is 2.16. The Hall–Kier alpha value is -2.37. The van der Waals surface area contributed by atoms with Crippen LogP contribution in [0, 0.1) is 0 Å². The van der Waals surface area contributed by atoms with Gasteiger partial charge in [-0.05, 0) is 25.1 Å². The highest BCUT2D eigenvalue weighted by atomic mass is 16.5. The minimum Gasteiger partial charge on any atom is -0.480 e. The van der Waals surface area contributed by atoms with E-state index in [4.69, 9.17) is 9.47 Å². The molecule has 0 atom stereocenters. The summed E-state index contributed by atoms with van der Waals surface area (Å²) in [5, 5.41) is 0. The summed E-state index contributed by atoms with van der Waals surface area (Å²) in [6.07, 6.45) is 2.73. The molecule has 1 aromatic heterocycles. The molecule has 1 heterocycles. The monoisotopic (exact) mass is 265 g/mol. The van der Waals surface area contributed by atoms with E-state index in [1.54, 1.807) is 13.0 Å². The van der Waals surface area contributed by atoms with Crippen LogP contribution in [0.25, 0.3) is 6.08 Å². The van der Waals surface area contributed by atoms with Crippen molar-refractivity contribution in [3.05, 3.63) is 29.5 Å². The van der Waals surface area contributed by atoms with E-state index < -0.39 is 11.9 Å². The van der Waals surface area contributed by atoms with Crippen molar-refractivity contribution in [2.45, 2.75) is 6.92 Å². The molecule has 0 aromatic carbocycles. The summed E-state index contributed by atoms with van der Waals surface area (Å²) in [4.78, 5) is 26.6. The van der Waals surface area contributed by atoms with Crippen molar-refractivity contribution >= 4 is 18.0 Å². The van der Waals surface area contributed by atoms with Crippen LogP contribution in [0.5, 0.6) is 5.88 Å². The molecule has 19 heavy (non-hydrogen) atoms. The lowest BCUT2D eigenvalue weighted by molar-refractivity contribution is -0.137. The lowest BCUT2D eigenvalue weighted by Crippen LogP contribution is -2.06. The number of esters is 2. The first-order chi connectivity index (χ1) is 9.12. The zero-order chi connectivity index (χ0) is 14.3. The van der Waals surface area contributed by atoms with Crippen LogP contribution in [-0.4, -0.2) is 37.7 Å². The molecule has 0 aliphatic carbocycles. The second kappa shape index (κ2) is 7.15. The molecule has 0 unspecified atom stereocenters. The summed E-state index contributed by atoms with van der Waals surface area (Å²) >= 11 is 0. The van der Waals surface area contributed by atoms with Crippen molar-refractivity contribution < 1.29 is 23.8 Å². The minimum absolute atomic E-state index is 0.137. The first-order valence-electron chi connectivity index (χ1n) is 5.60. The van der Waals surface area contributed by atoms with Crippen molar-refractivity contribution in [1.29, 1.82) is 0 Å². The third kappa shape index (κ3) is 4.09. The second-order valence-corrected chi connectivity index (χ2v) is 3.37. The highest BCUT2D eigenvalue weighted by Crippen LogP contribution is 2.17. The van der Waals surface area contributed by atoms with Gasteiger partial charge in [0.2, 0.25) is 5.88 Å². The summed E-state index contributed by atoms with van der Waals surface area (Å²) in [7, 11) is 2.67. The number of carbonyl (C=O) groups excluding carboxylic acids is 2. The van der Waals surface area contributed by atoms with Crippen molar-refractivity contribution in [2.75, 3.05) is 20.8 Å². The van der Waals surface area contributed by atoms with Crippen LogP contribution in [0.15, 0.2) is 18.2 Å². The molecule has 0 aliphatic rings. The Kier molecular flexibility index (Phi) is 5.53. The zero-order valence-corrected chi connectivity index (χ0v) is 11.0. The number of methoxy groups -OCH3 is 2. The summed E-state index contributed by atoms with van der Waals surface area (Å²) in [5.74, 6) is -0.858. The van der Waals surface area contributed by atoms with E-state index in [9.17, 15) is 9.59 Å². The zero-order valence-electron chi connectivity index (χ0n) is 11.0. The predicted molar refractivity (Wildman–Crippen MR) is 67.8 cm³/mol. The van der Waals surface area contributed by atoms with Crippen LogP contribution in [0.1, 0.15) is 23.0 Å². The lowest BCUT2D eigenvalue weighted by Gasteiger charge is -2.06. The smallest absolute Gasteiger partial charge is 0.343 e. The number of hydrogen-bond acceptors (Lipinski definition) is 6. The standard InChI is InChI=1S/C13H15NO5/c1-4-19-11(15)8-6-9-5-7-10(13(16)18-3)12(14-9)17-2/h5-8H,4H2,1-3H3. The van der Waals surface area contributed by atoms with Gasteiger partial charge in [0, 0.05) is 6.08 Å². The van der Waals surface area contributed by atoms with Gasteiger partial charge < -0.3 is 14.2 Å². The van der Waals surface area contributed by atoms with Gasteiger partial charge >= 0.3 is 11.9 Å². The summed E-state index contributed by atoms with van der Waals surface area (Å²) < 4.78 is 14.3. The summed E-state index contributed by atoms with van der Waals surface area (Å²) in [6, 6.07) is 3.09. The molecule has 6 heteroatoms. The fraction of sp³-hybridized carbons (Fsp3) is 0.308. The van der Waals surface area contributed by atoms with E-state index in [1.807, 2.05) is 0 Å². The molecule has 0 spiro atoms. The molecule has 0 fully saturated rings. The van der Waals surface area contributed by atoms with Gasteiger partial charge in [-0.25, -0.2) is 14.6 Å². The van der Waals surface area contributed by atoms with Crippen molar-refractivity contribution in [3.8, 4) is 5.88 Å². The van der Waals surface area contributed by atoms with Crippen molar-refractivity contribution in [3.63, 3.8) is 0 Å². The average Bonchev–Trinajstić information content (AvgIpc) is 2.44. The van der Waals surface area contributed by atoms with E-state index in [1.165, 1.54) is 32.4 Å². The van der Waals surface area contributed by atoms with E-state index in [2.05, 4.69) is 9.72 Å². The maximum atomic E-state index is 11.4. The van der Waals surface area contributed by atoms with Gasteiger partial charge in [-0.3, -0.25) is 0 Å². The quantitative estimate of drug-likeness (QED) is 0.592. The first-order valence-corrected chi connectivity index (χ1v) is 5.60. The van der Waals surface area contributed by atoms with E-state index in [-0.39, 0.29) is 11.4 Å². The van der Waals surface area contributed by atoms with Crippen LogP contribution in [-0.2, 0) is 14.3 Å². The van der Waals surface area contributed by atoms with Gasteiger partial charge in [-0.2, -0.15) is 0 Å². The fourth-order valence-electron chi connectivity index (χ4n) is 1.31. The maximum absolute atomic E-state index is 11.4. The Morgan fingerprint density at radius 2 is 2.05 bits per heavy atom. The number of ether oxygens (including phenoxy) is 3. The van der Waals surface area contributed by atoms with E-state index in [0.29, 0.717) is 12.3 Å². The molecule has 0 radical (unpaired) electrons. The third-order valence-electron chi connectivity index (χ3n) is 2.16. The molecule has 0 saturated heterocycles. The average molecular weight is 265 g/mol. The molecule has 1 aromatic rings. The van der Waals surface area contributed by atoms with Gasteiger partial charge in [-0.15, -0.1) is 0 Å². The summed E-state index contributed by atoms with van der Waals surface area (Å²) in [6.45, 7) is 2.03. The van der Waals surface area contributed by atoms with Gasteiger partial charge in [0.1, 0.15) is 5.56 Å². The lowest BCUT2D eigenvalue weighted by atomic mass is 10.2. The van der Waals surface area contributed by atoms with Gasteiger partial charge in [0.25, 0.3) is 0 Å². The minimum atomic E-state index is -0.537. The Balaban J connectivity index is 2.94. The summed E-state index contributed by atoms with van der Waals surface area (Å²) in [5.41, 5.74) is 0.691. The number of hydrogen-bond donors (Lipinski definition) is 0. The van der Waals surface area contributed by atoms with Gasteiger partial charge in [-0.1, -0.05) is 0 Å². The Morgan fingerprint density at radius 3 is 2.63 bits per heavy atom. The van der Waals surface area contributed by atoms with E-state index in [0.717, 1.165) is 0 Å². The van der Waals surface area contributed by atoms with Crippen LogP contribution in [0.3, 0.4) is 0 Å². The molecule has 6 nitrogen and oxygen atoms in total. The van der Waals surface area contributed by atoms with Crippen molar-refractivity contribution in [2.24, 2.45) is 0 Å². The Labute approximate surface area is 111 Å². The molecule has 0 bridgehead atoms. The molecule has 102 valence electrons. The number of pyridine rings is 1. The second-order valence-electron chi connectivity index (χ2n) is 3.37. The topological polar surface area (TPSA) is 74.7 Å². The number of rotatable bonds is 5.